The molecule has 1 saturated heterocycles. The van der Waals surface area contributed by atoms with Gasteiger partial charge in [-0.15, -0.1) is 0 Å². The number of aromatic nitrogens is 1. The van der Waals surface area contributed by atoms with Crippen LogP contribution >= 0.6 is 23.2 Å². The topological polar surface area (TPSA) is 73.4 Å². The third-order valence-corrected chi connectivity index (χ3v) is 4.01. The number of H-pyrrole nitrogens is 1. The number of carbonyl (C=O) groups is 2. The number of hydrogen-bond acceptors (Lipinski definition) is 2. The van der Waals surface area contributed by atoms with Crippen LogP contribution in [0, 0.1) is 5.92 Å². The van der Waals surface area contributed by atoms with Crippen molar-refractivity contribution in [1.29, 1.82) is 0 Å². The molecule has 0 unspecified atom stereocenters. The van der Waals surface area contributed by atoms with Gasteiger partial charge in [0.2, 0.25) is 0 Å². The van der Waals surface area contributed by atoms with E-state index < -0.39 is 5.97 Å². The van der Waals surface area contributed by atoms with Crippen molar-refractivity contribution in [2.24, 2.45) is 5.92 Å². The lowest BCUT2D eigenvalue weighted by atomic mass is 9.93. The monoisotopic (exact) mass is 304 g/mol. The van der Waals surface area contributed by atoms with Crippen LogP contribution in [0.5, 0.6) is 0 Å². The largest absolute Gasteiger partial charge is 0.481 e. The number of rotatable bonds is 3. The minimum absolute atomic E-state index is 0.150. The summed E-state index contributed by atoms with van der Waals surface area (Å²) >= 11 is 11.6. The Morgan fingerprint density at radius 2 is 2.00 bits per heavy atom. The Bertz CT molecular complexity index is 474. The summed E-state index contributed by atoms with van der Waals surface area (Å²) in [6.45, 7) is 1.12. The van der Waals surface area contributed by atoms with Crippen LogP contribution in [-0.2, 0) is 4.79 Å². The zero-order chi connectivity index (χ0) is 14.0. The van der Waals surface area contributed by atoms with E-state index in [0.29, 0.717) is 36.6 Å². The van der Waals surface area contributed by atoms with Crippen molar-refractivity contribution in [2.45, 2.75) is 19.3 Å². The Kier molecular flexibility index (Phi) is 4.37. The highest BCUT2D eigenvalue weighted by Crippen LogP contribution is 2.25. The van der Waals surface area contributed by atoms with E-state index >= 15 is 0 Å². The molecule has 0 aliphatic carbocycles. The first-order chi connectivity index (χ1) is 8.97. The Morgan fingerprint density at radius 1 is 1.37 bits per heavy atom. The normalized spacial score (nSPS) is 16.6. The molecule has 19 heavy (non-hydrogen) atoms. The number of nitrogens with one attached hydrogen (secondary N) is 1. The predicted octanol–water partition coefficient (Wildman–Crippen LogP) is 2.65. The zero-order valence-corrected chi connectivity index (χ0v) is 11.7. The summed E-state index contributed by atoms with van der Waals surface area (Å²) in [6, 6.07) is 1.51. The van der Waals surface area contributed by atoms with Gasteiger partial charge in [0.15, 0.2) is 0 Å². The molecule has 104 valence electrons. The lowest BCUT2D eigenvalue weighted by Gasteiger charge is -2.31. The smallest absolute Gasteiger partial charge is 0.303 e. The molecular formula is C12H14Cl2N2O3. The molecule has 0 saturated carbocycles. The molecular weight excluding hydrogens is 291 g/mol. The maximum absolute atomic E-state index is 12.2. The first kappa shape index (κ1) is 14.2. The molecule has 2 N–H and O–H groups in total. The fourth-order valence-electron chi connectivity index (χ4n) is 2.28. The van der Waals surface area contributed by atoms with Gasteiger partial charge in [-0.2, -0.15) is 0 Å². The maximum Gasteiger partial charge on any atom is 0.303 e. The van der Waals surface area contributed by atoms with Crippen molar-refractivity contribution in [1.82, 2.24) is 9.88 Å². The van der Waals surface area contributed by atoms with E-state index in [4.69, 9.17) is 28.3 Å². The van der Waals surface area contributed by atoms with E-state index in [1.165, 1.54) is 6.07 Å². The van der Waals surface area contributed by atoms with Crippen LogP contribution in [0.4, 0.5) is 0 Å². The van der Waals surface area contributed by atoms with Gasteiger partial charge in [0.05, 0.1) is 5.02 Å². The van der Waals surface area contributed by atoms with Crippen LogP contribution in [0.25, 0.3) is 0 Å². The van der Waals surface area contributed by atoms with Gasteiger partial charge in [0, 0.05) is 19.5 Å². The number of carboxylic acid groups (broad SMARTS) is 1. The molecule has 5 nitrogen and oxygen atoms in total. The van der Waals surface area contributed by atoms with Gasteiger partial charge in [0.25, 0.3) is 5.91 Å². The summed E-state index contributed by atoms with van der Waals surface area (Å²) in [7, 11) is 0. The average Bonchev–Trinajstić information content (AvgIpc) is 2.69. The number of aromatic amines is 1. The summed E-state index contributed by atoms with van der Waals surface area (Å²) < 4.78 is 0. The van der Waals surface area contributed by atoms with Crippen molar-refractivity contribution in [3.8, 4) is 0 Å². The zero-order valence-electron chi connectivity index (χ0n) is 10.2. The van der Waals surface area contributed by atoms with Crippen LogP contribution < -0.4 is 0 Å². The minimum Gasteiger partial charge on any atom is -0.481 e. The van der Waals surface area contributed by atoms with Gasteiger partial charge < -0.3 is 15.0 Å². The molecule has 2 rings (SSSR count). The molecule has 1 aliphatic rings. The van der Waals surface area contributed by atoms with Gasteiger partial charge in [-0.05, 0) is 24.8 Å². The van der Waals surface area contributed by atoms with Gasteiger partial charge in [-0.3, -0.25) is 9.59 Å². The van der Waals surface area contributed by atoms with E-state index in [9.17, 15) is 9.59 Å². The van der Waals surface area contributed by atoms with Crippen LogP contribution in [-0.4, -0.2) is 40.0 Å². The highest BCUT2D eigenvalue weighted by Gasteiger charge is 2.26. The number of carbonyl (C=O) groups excluding carboxylic acids is 1. The fraction of sp³-hybridized carbons (Fsp3) is 0.500. The van der Waals surface area contributed by atoms with Crippen LogP contribution in [0.1, 0.15) is 29.8 Å². The molecule has 7 heteroatoms. The first-order valence-electron chi connectivity index (χ1n) is 6.02. The molecule has 2 heterocycles. The Labute approximate surface area is 120 Å². The van der Waals surface area contributed by atoms with Gasteiger partial charge >= 0.3 is 5.97 Å². The minimum atomic E-state index is -0.785. The lowest BCUT2D eigenvalue weighted by molar-refractivity contribution is -0.138. The van der Waals surface area contributed by atoms with Crippen molar-refractivity contribution >= 4 is 35.1 Å². The average molecular weight is 305 g/mol. The van der Waals surface area contributed by atoms with E-state index in [-0.39, 0.29) is 23.4 Å². The van der Waals surface area contributed by atoms with Crippen molar-refractivity contribution in [2.75, 3.05) is 13.1 Å². The van der Waals surface area contributed by atoms with E-state index in [2.05, 4.69) is 4.98 Å². The Hall–Kier alpha value is -1.20. The number of piperidine rings is 1. The number of carboxylic acids is 1. The quantitative estimate of drug-likeness (QED) is 0.901. The lowest BCUT2D eigenvalue weighted by Crippen LogP contribution is -2.39. The third kappa shape index (κ3) is 3.42. The van der Waals surface area contributed by atoms with Crippen molar-refractivity contribution < 1.29 is 14.7 Å². The van der Waals surface area contributed by atoms with Gasteiger partial charge in [0.1, 0.15) is 10.8 Å². The second-order valence-electron chi connectivity index (χ2n) is 4.68. The number of aliphatic carboxylic acids is 1. The van der Waals surface area contributed by atoms with Gasteiger partial charge in [-0.25, -0.2) is 0 Å². The molecule has 0 spiro atoms. The van der Waals surface area contributed by atoms with E-state index in [1.54, 1.807) is 4.90 Å². The predicted molar refractivity (Wildman–Crippen MR) is 71.7 cm³/mol. The highest BCUT2D eigenvalue weighted by atomic mass is 35.5. The summed E-state index contributed by atoms with van der Waals surface area (Å²) in [5.74, 6) is -0.785. The number of likely N-dealkylation sites (tertiary alicyclic amines) is 1. The molecule has 1 aliphatic heterocycles. The van der Waals surface area contributed by atoms with Crippen LogP contribution in [0.15, 0.2) is 6.07 Å². The number of halogens is 2. The molecule has 1 aromatic heterocycles. The fourth-order valence-corrected chi connectivity index (χ4v) is 2.59. The summed E-state index contributed by atoms with van der Waals surface area (Å²) in [5.41, 5.74) is 0.367. The molecule has 1 amide bonds. The molecule has 1 fully saturated rings. The Morgan fingerprint density at radius 3 is 2.47 bits per heavy atom. The molecule has 0 bridgehead atoms. The summed E-state index contributed by atoms with van der Waals surface area (Å²) in [5, 5.41) is 9.32. The Balaban J connectivity index is 1.94. The molecule has 0 atom stereocenters. The van der Waals surface area contributed by atoms with Gasteiger partial charge in [-0.1, -0.05) is 23.2 Å². The van der Waals surface area contributed by atoms with E-state index in [0.717, 1.165) is 0 Å². The molecule has 0 aromatic carbocycles. The third-order valence-electron chi connectivity index (χ3n) is 3.32. The van der Waals surface area contributed by atoms with E-state index in [1.807, 2.05) is 0 Å². The molecule has 1 aromatic rings. The number of nitrogens with zero attached hydrogens (tertiary/aromatic N) is 1. The summed E-state index contributed by atoms with van der Waals surface area (Å²) in [4.78, 5) is 27.2. The molecule has 0 radical (unpaired) electrons. The first-order valence-corrected chi connectivity index (χ1v) is 6.78. The van der Waals surface area contributed by atoms with Crippen molar-refractivity contribution in [3.05, 3.63) is 21.9 Å². The van der Waals surface area contributed by atoms with Crippen molar-refractivity contribution in [3.63, 3.8) is 0 Å². The SMILES string of the molecule is O=C(O)CC1CCN(C(=O)c2cc(Cl)c(Cl)[nH]2)CC1. The number of hydrogen-bond donors (Lipinski definition) is 2. The van der Waals surface area contributed by atoms with Crippen LogP contribution in [0.3, 0.4) is 0 Å². The standard InChI is InChI=1S/C12H14Cl2N2O3/c13-8-6-9(15-11(8)14)12(19)16-3-1-7(2-4-16)5-10(17)18/h6-7,15H,1-5H2,(H,17,18). The van der Waals surface area contributed by atoms with Crippen LogP contribution in [0.2, 0.25) is 10.2 Å². The highest BCUT2D eigenvalue weighted by molar-refractivity contribution is 6.41. The maximum atomic E-state index is 12.2. The summed E-state index contributed by atoms with van der Waals surface area (Å²) in [6.07, 6.45) is 1.59. The second kappa shape index (κ2) is 5.84. The number of amides is 1. The second-order valence-corrected chi connectivity index (χ2v) is 5.46.